The van der Waals surface area contributed by atoms with Crippen molar-refractivity contribution in [1.82, 2.24) is 10.6 Å². The third-order valence-corrected chi connectivity index (χ3v) is 15.4. The lowest BCUT2D eigenvalue weighted by atomic mass is 9.64. The van der Waals surface area contributed by atoms with Gasteiger partial charge < -0.3 is 10.6 Å². The number of allylic oxidation sites excluding steroid dienone is 6. The van der Waals surface area contributed by atoms with Gasteiger partial charge in [0.2, 0.25) is 0 Å². The van der Waals surface area contributed by atoms with Gasteiger partial charge in [0.25, 0.3) is 0 Å². The molecule has 3 aliphatic heterocycles. The normalized spacial score (nSPS) is 21.5. The Morgan fingerprint density at radius 3 is 1.68 bits per heavy atom. The standard InChI is InChI=1S/C61H46N6S/c1-5-19-39(20-6-1)55-62-56(40-21-7-2-8-22-40)65-59(64-55)45-35-44(36-46(37-45)60-66-57(41-23-9-3-10-24-41)63-58(67-60)42-25-11-4-12-26-42)43-33-34-54-52(38-43)61(51-31-17-18-32-53(51)68-54)49-29-15-13-27-47(49)48-28-14-16-30-50(48)61/h1-25,27-33,35-38,42,54-55,57H,26,34H2,(H,62,64,65)(H,63,66,67). The topological polar surface area (TPSA) is 73.5 Å². The van der Waals surface area contributed by atoms with E-state index in [0.29, 0.717) is 0 Å². The zero-order valence-electron chi connectivity index (χ0n) is 37.2. The van der Waals surface area contributed by atoms with Gasteiger partial charge in [0.1, 0.15) is 23.3 Å². The van der Waals surface area contributed by atoms with Gasteiger partial charge in [-0.3, -0.25) is 0 Å². The summed E-state index contributed by atoms with van der Waals surface area (Å²) in [5, 5.41) is 7.75. The molecule has 0 saturated carbocycles. The maximum absolute atomic E-state index is 5.42. The van der Waals surface area contributed by atoms with E-state index >= 15 is 0 Å². The lowest BCUT2D eigenvalue weighted by Gasteiger charge is -2.45. The molecule has 4 atom stereocenters. The Balaban J connectivity index is 1.01. The molecule has 0 aromatic heterocycles. The van der Waals surface area contributed by atoms with Crippen LogP contribution in [0.5, 0.6) is 0 Å². The maximum Gasteiger partial charge on any atom is 0.169 e. The third-order valence-electron chi connectivity index (χ3n) is 14.0. The second kappa shape index (κ2) is 16.8. The van der Waals surface area contributed by atoms with E-state index in [-0.39, 0.29) is 11.2 Å². The fraction of sp³-hybridized carbons (Fsp3) is 0.115. The molecule has 3 heterocycles. The molecule has 13 rings (SSSR count). The number of benzene rings is 7. The zero-order valence-corrected chi connectivity index (χ0v) is 38.0. The highest BCUT2D eigenvalue weighted by molar-refractivity contribution is 8.00. The van der Waals surface area contributed by atoms with Crippen molar-refractivity contribution in [3.05, 3.63) is 274 Å². The molecule has 326 valence electrons. The van der Waals surface area contributed by atoms with Crippen LogP contribution >= 0.6 is 11.8 Å². The van der Waals surface area contributed by atoms with Gasteiger partial charge in [0.05, 0.1) is 5.41 Å². The molecule has 68 heavy (non-hydrogen) atoms. The first-order valence-corrected chi connectivity index (χ1v) is 24.4. The average Bonchev–Trinajstić information content (AvgIpc) is 3.72. The fourth-order valence-corrected chi connectivity index (χ4v) is 12.3. The maximum atomic E-state index is 5.42. The Hall–Kier alpha value is -7.87. The van der Waals surface area contributed by atoms with Crippen molar-refractivity contribution in [3.63, 3.8) is 0 Å². The highest BCUT2D eigenvalue weighted by Crippen LogP contribution is 2.63. The lowest BCUT2D eigenvalue weighted by Crippen LogP contribution is -2.40. The van der Waals surface area contributed by atoms with Crippen LogP contribution in [-0.2, 0) is 5.41 Å². The van der Waals surface area contributed by atoms with E-state index in [1.807, 2.05) is 30.0 Å². The molecule has 1 spiro atoms. The summed E-state index contributed by atoms with van der Waals surface area (Å²) in [6.45, 7) is 0. The molecule has 7 heteroatoms. The minimum Gasteiger partial charge on any atom is -0.328 e. The van der Waals surface area contributed by atoms with Crippen LogP contribution in [0.2, 0.25) is 0 Å². The van der Waals surface area contributed by atoms with Crippen molar-refractivity contribution >= 4 is 40.7 Å². The van der Waals surface area contributed by atoms with Crippen molar-refractivity contribution in [2.45, 2.75) is 40.7 Å². The largest absolute Gasteiger partial charge is 0.328 e. The Bertz CT molecular complexity index is 3350. The Kier molecular flexibility index (Phi) is 9.97. The number of rotatable bonds is 7. The van der Waals surface area contributed by atoms with Crippen LogP contribution in [-0.4, -0.2) is 28.6 Å². The quantitative estimate of drug-likeness (QED) is 0.167. The molecule has 0 radical (unpaired) electrons. The van der Waals surface area contributed by atoms with Crippen molar-refractivity contribution in [3.8, 4) is 11.1 Å². The van der Waals surface area contributed by atoms with E-state index in [2.05, 4.69) is 211 Å². The number of amidine groups is 4. The van der Waals surface area contributed by atoms with Gasteiger partial charge in [-0.1, -0.05) is 194 Å². The molecule has 2 N–H and O–H groups in total. The van der Waals surface area contributed by atoms with Crippen LogP contribution in [0.4, 0.5) is 0 Å². The van der Waals surface area contributed by atoms with Crippen LogP contribution < -0.4 is 10.6 Å². The second-order valence-corrected chi connectivity index (χ2v) is 19.3. The van der Waals surface area contributed by atoms with Gasteiger partial charge in [-0.2, -0.15) is 0 Å². The number of nitrogens with zero attached hydrogens (tertiary/aromatic N) is 4. The summed E-state index contributed by atoms with van der Waals surface area (Å²) in [4.78, 5) is 22.6. The van der Waals surface area contributed by atoms with Gasteiger partial charge in [0, 0.05) is 32.8 Å². The second-order valence-electron chi connectivity index (χ2n) is 18.0. The molecule has 0 saturated heterocycles. The Labute approximate surface area is 401 Å². The van der Waals surface area contributed by atoms with Gasteiger partial charge in [0.15, 0.2) is 12.3 Å². The first-order valence-electron chi connectivity index (χ1n) is 23.6. The van der Waals surface area contributed by atoms with Crippen LogP contribution in [0.15, 0.2) is 249 Å². The lowest BCUT2D eigenvalue weighted by molar-refractivity contribution is 0.674. The number of hydrogen-bond acceptors (Lipinski definition) is 7. The highest BCUT2D eigenvalue weighted by Gasteiger charge is 2.53. The summed E-state index contributed by atoms with van der Waals surface area (Å²) in [5.74, 6) is 3.32. The number of fused-ring (bicyclic) bond motifs is 9. The summed E-state index contributed by atoms with van der Waals surface area (Å²) < 4.78 is 0. The summed E-state index contributed by atoms with van der Waals surface area (Å²) in [5.41, 5.74) is 14.9. The van der Waals surface area contributed by atoms with Crippen LogP contribution in [0, 0.1) is 5.92 Å². The molecule has 6 aliphatic rings. The molecule has 0 bridgehead atoms. The molecule has 6 nitrogen and oxygen atoms in total. The minimum atomic E-state index is -0.441. The summed E-state index contributed by atoms with van der Waals surface area (Å²) in [6.07, 6.45) is 14.6. The SMILES string of the molecule is C1=CCC(C2=NC(c3ccccc3)N=C(c3cc(C4=CCC5Sc6ccccc6C6(C5=C4)c4ccccc4-c4ccccc46)cc(C4=NC(c5ccccc5)N=C(c5ccccc5)N4)c3)N2)C=C1. The summed E-state index contributed by atoms with van der Waals surface area (Å²) >= 11 is 2.00. The average molecular weight is 895 g/mol. The van der Waals surface area contributed by atoms with Crippen molar-refractivity contribution in [2.24, 2.45) is 25.9 Å². The van der Waals surface area contributed by atoms with E-state index in [1.54, 1.807) is 0 Å². The predicted octanol–water partition coefficient (Wildman–Crippen LogP) is 13.0. The molecule has 3 aliphatic carbocycles. The first kappa shape index (κ1) is 40.4. The Morgan fingerprint density at radius 1 is 0.485 bits per heavy atom. The molecule has 0 amide bonds. The van der Waals surface area contributed by atoms with Gasteiger partial charge in [-0.25, -0.2) is 20.0 Å². The number of hydrogen-bond donors (Lipinski definition) is 2. The number of thioether (sulfide) groups is 1. The smallest absolute Gasteiger partial charge is 0.169 e. The summed E-state index contributed by atoms with van der Waals surface area (Å²) in [7, 11) is 0. The van der Waals surface area contributed by atoms with Crippen LogP contribution in [0.25, 0.3) is 16.7 Å². The molecule has 7 aromatic carbocycles. The van der Waals surface area contributed by atoms with Crippen LogP contribution in [0.3, 0.4) is 0 Å². The monoisotopic (exact) mass is 894 g/mol. The zero-order chi connectivity index (χ0) is 45.0. The van der Waals surface area contributed by atoms with Gasteiger partial charge in [-0.05, 0) is 92.8 Å². The fourth-order valence-electron chi connectivity index (χ4n) is 10.9. The summed E-state index contributed by atoms with van der Waals surface area (Å²) in [6, 6.07) is 65.2. The van der Waals surface area contributed by atoms with Gasteiger partial charge in [-0.15, -0.1) is 11.8 Å². The molecule has 7 aromatic rings. The van der Waals surface area contributed by atoms with E-state index in [4.69, 9.17) is 20.0 Å². The van der Waals surface area contributed by atoms with Crippen molar-refractivity contribution < 1.29 is 0 Å². The number of nitrogens with one attached hydrogen (secondary N) is 2. The predicted molar refractivity (Wildman–Crippen MR) is 279 cm³/mol. The number of aliphatic imine (C=N–C) groups is 4. The molecule has 4 unspecified atom stereocenters. The molecular weight excluding hydrogens is 849 g/mol. The van der Waals surface area contributed by atoms with E-state index in [1.165, 1.54) is 43.9 Å². The molecule has 0 fully saturated rings. The van der Waals surface area contributed by atoms with E-state index in [9.17, 15) is 0 Å². The van der Waals surface area contributed by atoms with Crippen LogP contribution in [0.1, 0.15) is 75.2 Å². The molecular formula is C61H46N6S. The Morgan fingerprint density at radius 2 is 1.03 bits per heavy atom. The highest BCUT2D eigenvalue weighted by atomic mass is 32.2. The van der Waals surface area contributed by atoms with Gasteiger partial charge >= 0.3 is 0 Å². The first-order chi connectivity index (χ1) is 33.7. The van der Waals surface area contributed by atoms with E-state index < -0.39 is 17.7 Å². The minimum absolute atomic E-state index is 0.0998. The van der Waals surface area contributed by atoms with E-state index in [0.717, 1.165) is 69.6 Å². The third kappa shape index (κ3) is 6.87. The van der Waals surface area contributed by atoms with Crippen molar-refractivity contribution in [1.29, 1.82) is 0 Å². The van der Waals surface area contributed by atoms with Crippen molar-refractivity contribution in [2.75, 3.05) is 0 Å².